The van der Waals surface area contributed by atoms with Gasteiger partial charge in [0.15, 0.2) is 5.16 Å². The molecule has 0 saturated carbocycles. The van der Waals surface area contributed by atoms with E-state index in [0.29, 0.717) is 13.0 Å². The highest BCUT2D eigenvalue weighted by molar-refractivity contribution is 7.99. The molecule has 0 spiro atoms. The van der Waals surface area contributed by atoms with Gasteiger partial charge in [0, 0.05) is 12.3 Å². The summed E-state index contributed by atoms with van der Waals surface area (Å²) in [5, 5.41) is 3.91. The first kappa shape index (κ1) is 27.5. The van der Waals surface area contributed by atoms with Crippen molar-refractivity contribution in [3.63, 3.8) is 0 Å². The molecule has 0 aliphatic carbocycles. The zero-order valence-corrected chi connectivity index (χ0v) is 23.0. The van der Waals surface area contributed by atoms with Gasteiger partial charge in [0.25, 0.3) is 0 Å². The third-order valence-corrected chi connectivity index (χ3v) is 7.04. The van der Waals surface area contributed by atoms with Crippen molar-refractivity contribution < 1.29 is 14.3 Å². The zero-order valence-electron chi connectivity index (χ0n) is 22.2. The molecule has 0 bridgehead atoms. The third kappa shape index (κ3) is 7.71. The predicted molar refractivity (Wildman–Crippen MR) is 153 cm³/mol. The highest BCUT2D eigenvalue weighted by Crippen LogP contribution is 2.25. The Kier molecular flexibility index (Phi) is 9.24. The molecule has 3 aromatic carbocycles. The number of fused-ring (bicyclic) bond motifs is 1. The van der Waals surface area contributed by atoms with E-state index in [4.69, 9.17) is 9.72 Å². The second-order valence-electron chi connectivity index (χ2n) is 10.2. The van der Waals surface area contributed by atoms with Crippen molar-refractivity contribution in [1.29, 1.82) is 0 Å². The van der Waals surface area contributed by atoms with Gasteiger partial charge in [-0.2, -0.15) is 0 Å². The van der Waals surface area contributed by atoms with Gasteiger partial charge in [0.05, 0.1) is 17.0 Å². The van der Waals surface area contributed by atoms with E-state index in [1.165, 1.54) is 0 Å². The average Bonchev–Trinajstić information content (AvgIpc) is 3.24. The van der Waals surface area contributed by atoms with Gasteiger partial charge in [-0.3, -0.25) is 9.59 Å². The second-order valence-corrected chi connectivity index (χ2v) is 11.3. The number of benzene rings is 3. The molecule has 0 aliphatic rings. The van der Waals surface area contributed by atoms with E-state index in [2.05, 4.69) is 17.4 Å². The molecule has 0 saturated heterocycles. The summed E-state index contributed by atoms with van der Waals surface area (Å²) in [6.07, 6.45) is 1.43. The summed E-state index contributed by atoms with van der Waals surface area (Å²) in [4.78, 5) is 30.5. The SMILES string of the molecule is CC(C)(C)OC(=O)Cn1c(SCCCNC(=O)C(Cc2ccccc2)c2ccccc2)nc2ccccc21. The minimum absolute atomic E-state index is 0.0298. The lowest BCUT2D eigenvalue weighted by molar-refractivity contribution is -0.155. The molecular weight excluding hydrogens is 494 g/mol. The Morgan fingerprint density at radius 2 is 1.61 bits per heavy atom. The van der Waals surface area contributed by atoms with Gasteiger partial charge in [-0.25, -0.2) is 4.98 Å². The van der Waals surface area contributed by atoms with Crippen molar-refractivity contribution in [2.75, 3.05) is 12.3 Å². The van der Waals surface area contributed by atoms with Gasteiger partial charge < -0.3 is 14.6 Å². The molecule has 198 valence electrons. The molecule has 0 radical (unpaired) electrons. The number of esters is 1. The van der Waals surface area contributed by atoms with Crippen LogP contribution in [0.15, 0.2) is 90.1 Å². The number of amides is 1. The molecule has 1 atom stereocenters. The minimum atomic E-state index is -0.545. The summed E-state index contributed by atoms with van der Waals surface area (Å²) in [7, 11) is 0. The van der Waals surface area contributed by atoms with Crippen LogP contribution in [0.1, 0.15) is 44.2 Å². The number of hydrogen-bond donors (Lipinski definition) is 1. The van der Waals surface area contributed by atoms with Crippen LogP contribution in [0, 0.1) is 0 Å². The number of rotatable bonds is 11. The maximum Gasteiger partial charge on any atom is 0.326 e. The topological polar surface area (TPSA) is 73.2 Å². The molecule has 4 aromatic rings. The van der Waals surface area contributed by atoms with Crippen LogP contribution in [0.4, 0.5) is 0 Å². The van der Waals surface area contributed by atoms with Crippen molar-refractivity contribution >= 4 is 34.7 Å². The number of hydrogen-bond acceptors (Lipinski definition) is 5. The van der Waals surface area contributed by atoms with Crippen molar-refractivity contribution in [1.82, 2.24) is 14.9 Å². The second kappa shape index (κ2) is 12.8. The lowest BCUT2D eigenvalue weighted by atomic mass is 9.91. The first-order chi connectivity index (χ1) is 18.3. The average molecular weight is 530 g/mol. The largest absolute Gasteiger partial charge is 0.459 e. The summed E-state index contributed by atoms with van der Waals surface area (Å²) in [5.74, 6) is 0.249. The van der Waals surface area contributed by atoms with Gasteiger partial charge in [0.2, 0.25) is 5.91 Å². The monoisotopic (exact) mass is 529 g/mol. The molecule has 7 heteroatoms. The number of carbonyl (C=O) groups is 2. The maximum absolute atomic E-state index is 13.2. The molecule has 4 rings (SSSR count). The maximum atomic E-state index is 13.2. The van der Waals surface area contributed by atoms with E-state index in [0.717, 1.165) is 39.5 Å². The lowest BCUT2D eigenvalue weighted by Crippen LogP contribution is -2.31. The molecule has 0 aliphatic heterocycles. The van der Waals surface area contributed by atoms with Crippen LogP contribution in [0.25, 0.3) is 11.0 Å². The van der Waals surface area contributed by atoms with Crippen molar-refractivity contribution in [2.24, 2.45) is 0 Å². The Hall–Kier alpha value is -3.58. The van der Waals surface area contributed by atoms with Crippen LogP contribution < -0.4 is 5.32 Å². The normalized spacial score (nSPS) is 12.3. The number of para-hydroxylation sites is 2. The molecule has 1 N–H and O–H groups in total. The highest BCUT2D eigenvalue weighted by atomic mass is 32.2. The van der Waals surface area contributed by atoms with Crippen LogP contribution in [-0.4, -0.2) is 39.3 Å². The molecule has 1 aromatic heterocycles. The van der Waals surface area contributed by atoms with E-state index >= 15 is 0 Å². The number of carbonyl (C=O) groups excluding carboxylic acids is 2. The number of aromatic nitrogens is 2. The van der Waals surface area contributed by atoms with Gasteiger partial charge >= 0.3 is 5.97 Å². The molecule has 1 amide bonds. The lowest BCUT2D eigenvalue weighted by Gasteiger charge is -2.20. The van der Waals surface area contributed by atoms with E-state index in [1.807, 2.05) is 98.1 Å². The van der Waals surface area contributed by atoms with Crippen molar-refractivity contribution in [3.05, 3.63) is 96.1 Å². The molecule has 1 unspecified atom stereocenters. The Morgan fingerprint density at radius 1 is 0.947 bits per heavy atom. The minimum Gasteiger partial charge on any atom is -0.459 e. The quantitative estimate of drug-likeness (QED) is 0.146. The summed E-state index contributed by atoms with van der Waals surface area (Å²) in [6.45, 7) is 6.26. The van der Waals surface area contributed by atoms with Gasteiger partial charge in [-0.1, -0.05) is 84.6 Å². The Balaban J connectivity index is 1.35. The van der Waals surface area contributed by atoms with Crippen LogP contribution >= 0.6 is 11.8 Å². The van der Waals surface area contributed by atoms with Crippen LogP contribution in [0.3, 0.4) is 0 Å². The first-order valence-electron chi connectivity index (χ1n) is 13.0. The number of thioether (sulfide) groups is 1. The van der Waals surface area contributed by atoms with Gasteiger partial charge in [-0.15, -0.1) is 0 Å². The summed E-state index contributed by atoms with van der Waals surface area (Å²) in [6, 6.07) is 27.8. The Bertz CT molecular complexity index is 1350. The molecular formula is C31H35N3O3S. The van der Waals surface area contributed by atoms with E-state index in [1.54, 1.807) is 11.8 Å². The van der Waals surface area contributed by atoms with Crippen LogP contribution in [0.2, 0.25) is 0 Å². The van der Waals surface area contributed by atoms with Crippen LogP contribution in [0.5, 0.6) is 0 Å². The third-order valence-electron chi connectivity index (χ3n) is 5.98. The van der Waals surface area contributed by atoms with E-state index in [9.17, 15) is 9.59 Å². The summed E-state index contributed by atoms with van der Waals surface area (Å²) in [5.41, 5.74) is 3.35. The number of nitrogens with zero attached hydrogens (tertiary/aromatic N) is 2. The smallest absolute Gasteiger partial charge is 0.326 e. The van der Waals surface area contributed by atoms with Gasteiger partial charge in [0.1, 0.15) is 12.1 Å². The number of imidazole rings is 1. The standard InChI is InChI=1S/C31H35N3O3S/c1-31(2,3)37-28(35)22-34-27-18-11-10-17-26(27)33-30(34)38-20-12-19-32-29(36)25(24-15-8-5-9-16-24)21-23-13-6-4-7-14-23/h4-11,13-18,25H,12,19-22H2,1-3H3,(H,32,36). The summed E-state index contributed by atoms with van der Waals surface area (Å²) >= 11 is 1.58. The fraction of sp³-hybridized carbons (Fsp3) is 0.323. The number of ether oxygens (including phenoxy) is 1. The molecule has 6 nitrogen and oxygen atoms in total. The fourth-order valence-electron chi connectivity index (χ4n) is 4.29. The first-order valence-corrected chi connectivity index (χ1v) is 14.0. The van der Waals surface area contributed by atoms with Crippen LogP contribution in [-0.2, 0) is 27.3 Å². The molecule has 0 fully saturated rings. The van der Waals surface area contributed by atoms with E-state index < -0.39 is 5.60 Å². The summed E-state index contributed by atoms with van der Waals surface area (Å²) < 4.78 is 7.46. The van der Waals surface area contributed by atoms with Crippen molar-refractivity contribution in [3.8, 4) is 0 Å². The Morgan fingerprint density at radius 3 is 2.32 bits per heavy atom. The predicted octanol–water partition coefficient (Wildman–Crippen LogP) is 6.00. The Labute approximate surface area is 228 Å². The fourth-order valence-corrected chi connectivity index (χ4v) is 5.24. The van der Waals surface area contributed by atoms with Gasteiger partial charge in [-0.05, 0) is 56.9 Å². The molecule has 38 heavy (non-hydrogen) atoms. The zero-order chi connectivity index (χ0) is 27.0. The van der Waals surface area contributed by atoms with Crippen molar-refractivity contribution in [2.45, 2.75) is 56.8 Å². The highest BCUT2D eigenvalue weighted by Gasteiger charge is 2.22. The number of nitrogens with one attached hydrogen (secondary N) is 1. The van der Waals surface area contributed by atoms with E-state index in [-0.39, 0.29) is 24.3 Å². The molecule has 1 heterocycles.